The van der Waals surface area contributed by atoms with Gasteiger partial charge in [-0.1, -0.05) is 56.5 Å². The SMILES string of the molecule is C[C@H]1CCCN([C@H](C(=O)NC2CCCCC2)c2ccccc2)C1. The van der Waals surface area contributed by atoms with Crippen molar-refractivity contribution in [3.63, 3.8) is 0 Å². The van der Waals surface area contributed by atoms with E-state index in [2.05, 4.69) is 29.3 Å². The second kappa shape index (κ2) is 7.96. The molecule has 1 aromatic rings. The van der Waals surface area contributed by atoms with Crippen LogP contribution in [0.25, 0.3) is 0 Å². The average Bonchev–Trinajstić information content (AvgIpc) is 2.57. The summed E-state index contributed by atoms with van der Waals surface area (Å²) < 4.78 is 0. The molecule has 1 saturated heterocycles. The molecule has 0 spiro atoms. The first-order valence-corrected chi connectivity index (χ1v) is 9.33. The van der Waals surface area contributed by atoms with Gasteiger partial charge in [-0.2, -0.15) is 0 Å². The molecule has 2 fully saturated rings. The van der Waals surface area contributed by atoms with Crippen molar-refractivity contribution in [1.82, 2.24) is 10.2 Å². The minimum Gasteiger partial charge on any atom is -0.352 e. The molecule has 2 atom stereocenters. The van der Waals surface area contributed by atoms with E-state index >= 15 is 0 Å². The zero-order chi connectivity index (χ0) is 16.1. The summed E-state index contributed by atoms with van der Waals surface area (Å²) in [5.41, 5.74) is 1.13. The molecule has 1 aromatic carbocycles. The molecule has 0 unspecified atom stereocenters. The van der Waals surface area contributed by atoms with Crippen LogP contribution in [-0.4, -0.2) is 29.9 Å². The lowest BCUT2D eigenvalue weighted by Crippen LogP contribution is -2.47. The van der Waals surface area contributed by atoms with E-state index in [1.165, 1.54) is 32.1 Å². The standard InChI is InChI=1S/C20H30N2O/c1-16-9-8-14-22(15-16)19(17-10-4-2-5-11-17)20(23)21-18-12-6-3-7-13-18/h2,4-5,10-11,16,18-19H,3,6-9,12-15H2,1H3,(H,21,23)/t16-,19-/m0/s1. The number of hydrogen-bond acceptors (Lipinski definition) is 2. The Bertz CT molecular complexity index is 496. The Kier molecular flexibility index (Phi) is 5.71. The largest absolute Gasteiger partial charge is 0.352 e. The van der Waals surface area contributed by atoms with Crippen molar-refractivity contribution < 1.29 is 4.79 Å². The molecule has 0 bridgehead atoms. The van der Waals surface area contributed by atoms with Crippen LogP contribution in [0.3, 0.4) is 0 Å². The summed E-state index contributed by atoms with van der Waals surface area (Å²) in [4.78, 5) is 15.5. The molecule has 1 N–H and O–H groups in total. The van der Waals surface area contributed by atoms with Crippen LogP contribution in [0.1, 0.15) is 63.5 Å². The Hall–Kier alpha value is -1.35. The smallest absolute Gasteiger partial charge is 0.242 e. The Morgan fingerprint density at radius 1 is 1.09 bits per heavy atom. The van der Waals surface area contributed by atoms with E-state index in [4.69, 9.17) is 0 Å². The highest BCUT2D eigenvalue weighted by Gasteiger charge is 2.31. The molecular formula is C20H30N2O. The van der Waals surface area contributed by atoms with E-state index in [0.29, 0.717) is 12.0 Å². The second-order valence-electron chi connectivity index (χ2n) is 7.40. The molecule has 1 heterocycles. The van der Waals surface area contributed by atoms with E-state index in [0.717, 1.165) is 31.5 Å². The summed E-state index contributed by atoms with van der Waals surface area (Å²) in [5.74, 6) is 0.884. The van der Waals surface area contributed by atoms with Crippen LogP contribution in [0.15, 0.2) is 30.3 Å². The predicted octanol–water partition coefficient (Wildman–Crippen LogP) is 3.91. The van der Waals surface area contributed by atoms with Crippen LogP contribution >= 0.6 is 0 Å². The quantitative estimate of drug-likeness (QED) is 0.914. The average molecular weight is 314 g/mol. The topological polar surface area (TPSA) is 32.3 Å². The van der Waals surface area contributed by atoms with Gasteiger partial charge in [0.25, 0.3) is 0 Å². The number of carbonyl (C=O) groups excluding carboxylic acids is 1. The molecule has 3 rings (SSSR count). The Balaban J connectivity index is 1.75. The third-order valence-corrected chi connectivity index (χ3v) is 5.37. The van der Waals surface area contributed by atoms with Crippen LogP contribution in [0.5, 0.6) is 0 Å². The van der Waals surface area contributed by atoms with E-state index in [-0.39, 0.29) is 11.9 Å². The van der Waals surface area contributed by atoms with Crippen LogP contribution < -0.4 is 5.32 Å². The third kappa shape index (κ3) is 4.35. The normalized spacial score (nSPS) is 25.0. The number of piperidine rings is 1. The molecular weight excluding hydrogens is 284 g/mol. The van der Waals surface area contributed by atoms with Gasteiger partial charge < -0.3 is 5.32 Å². The van der Waals surface area contributed by atoms with Gasteiger partial charge >= 0.3 is 0 Å². The Labute approximate surface area is 140 Å². The fourth-order valence-corrected chi connectivity index (χ4v) is 4.15. The summed E-state index contributed by atoms with van der Waals surface area (Å²) >= 11 is 0. The van der Waals surface area contributed by atoms with Crippen LogP contribution in [0.2, 0.25) is 0 Å². The number of nitrogens with zero attached hydrogens (tertiary/aromatic N) is 1. The maximum Gasteiger partial charge on any atom is 0.242 e. The number of rotatable bonds is 4. The zero-order valence-corrected chi connectivity index (χ0v) is 14.3. The molecule has 126 valence electrons. The Morgan fingerprint density at radius 2 is 1.83 bits per heavy atom. The van der Waals surface area contributed by atoms with Crippen molar-refractivity contribution in [2.75, 3.05) is 13.1 Å². The first-order chi connectivity index (χ1) is 11.2. The summed E-state index contributed by atoms with van der Waals surface area (Å²) in [7, 11) is 0. The van der Waals surface area contributed by atoms with E-state index in [9.17, 15) is 4.79 Å². The van der Waals surface area contributed by atoms with E-state index in [1.807, 2.05) is 18.2 Å². The first kappa shape index (κ1) is 16.5. The molecule has 1 aliphatic heterocycles. The van der Waals surface area contributed by atoms with Crippen LogP contribution in [0, 0.1) is 5.92 Å². The van der Waals surface area contributed by atoms with Gasteiger partial charge in [0.05, 0.1) is 0 Å². The minimum atomic E-state index is -0.124. The fourth-order valence-electron chi connectivity index (χ4n) is 4.15. The maximum absolute atomic E-state index is 13.1. The van der Waals surface area contributed by atoms with Gasteiger partial charge in [0.15, 0.2) is 0 Å². The Morgan fingerprint density at radius 3 is 2.52 bits per heavy atom. The number of benzene rings is 1. The minimum absolute atomic E-state index is 0.124. The summed E-state index contributed by atoms with van der Waals surface area (Å²) in [6.45, 7) is 4.35. The van der Waals surface area contributed by atoms with Crippen molar-refractivity contribution in [3.8, 4) is 0 Å². The summed E-state index contributed by atoms with van der Waals surface area (Å²) in [6.07, 6.45) is 8.58. The number of hydrogen-bond donors (Lipinski definition) is 1. The van der Waals surface area contributed by atoms with Gasteiger partial charge in [0.2, 0.25) is 5.91 Å². The maximum atomic E-state index is 13.1. The lowest BCUT2D eigenvalue weighted by Gasteiger charge is -2.37. The molecule has 3 heteroatoms. The molecule has 0 aromatic heterocycles. The lowest BCUT2D eigenvalue weighted by atomic mass is 9.93. The zero-order valence-electron chi connectivity index (χ0n) is 14.3. The summed E-state index contributed by atoms with van der Waals surface area (Å²) in [5, 5.41) is 3.35. The third-order valence-electron chi connectivity index (χ3n) is 5.37. The highest BCUT2D eigenvalue weighted by molar-refractivity contribution is 5.83. The number of likely N-dealkylation sites (tertiary alicyclic amines) is 1. The van der Waals surface area contributed by atoms with Crippen molar-refractivity contribution >= 4 is 5.91 Å². The van der Waals surface area contributed by atoms with Gasteiger partial charge in [-0.15, -0.1) is 0 Å². The van der Waals surface area contributed by atoms with Crippen LogP contribution in [-0.2, 0) is 4.79 Å². The first-order valence-electron chi connectivity index (χ1n) is 9.33. The van der Waals surface area contributed by atoms with Gasteiger partial charge in [-0.3, -0.25) is 9.69 Å². The van der Waals surface area contributed by atoms with Gasteiger partial charge in [-0.25, -0.2) is 0 Å². The lowest BCUT2D eigenvalue weighted by molar-refractivity contribution is -0.128. The van der Waals surface area contributed by atoms with Gasteiger partial charge in [0, 0.05) is 12.6 Å². The number of nitrogens with one attached hydrogen (secondary N) is 1. The molecule has 23 heavy (non-hydrogen) atoms. The predicted molar refractivity (Wildman–Crippen MR) is 94.2 cm³/mol. The second-order valence-corrected chi connectivity index (χ2v) is 7.40. The van der Waals surface area contributed by atoms with Crippen molar-refractivity contribution in [2.45, 2.75) is 64.0 Å². The van der Waals surface area contributed by atoms with Crippen molar-refractivity contribution in [3.05, 3.63) is 35.9 Å². The van der Waals surface area contributed by atoms with E-state index < -0.39 is 0 Å². The number of amides is 1. The number of carbonyl (C=O) groups is 1. The molecule has 2 aliphatic rings. The summed E-state index contributed by atoms with van der Waals surface area (Å²) in [6, 6.07) is 10.6. The molecule has 0 radical (unpaired) electrons. The molecule has 3 nitrogen and oxygen atoms in total. The molecule has 1 amide bonds. The van der Waals surface area contributed by atoms with Gasteiger partial charge in [0.1, 0.15) is 6.04 Å². The fraction of sp³-hybridized carbons (Fsp3) is 0.650. The highest BCUT2D eigenvalue weighted by atomic mass is 16.2. The highest BCUT2D eigenvalue weighted by Crippen LogP contribution is 2.28. The monoisotopic (exact) mass is 314 g/mol. The van der Waals surface area contributed by atoms with Crippen molar-refractivity contribution in [2.24, 2.45) is 5.92 Å². The van der Waals surface area contributed by atoms with Crippen LogP contribution in [0.4, 0.5) is 0 Å². The van der Waals surface area contributed by atoms with E-state index in [1.54, 1.807) is 0 Å². The van der Waals surface area contributed by atoms with Gasteiger partial charge in [-0.05, 0) is 43.7 Å². The molecule has 1 saturated carbocycles. The van der Waals surface area contributed by atoms with Crippen molar-refractivity contribution in [1.29, 1.82) is 0 Å². The molecule has 1 aliphatic carbocycles.